The lowest BCUT2D eigenvalue weighted by Gasteiger charge is -2.22. The van der Waals surface area contributed by atoms with Gasteiger partial charge in [0.15, 0.2) is 0 Å². The monoisotopic (exact) mass is 438 g/mol. The van der Waals surface area contributed by atoms with Crippen LogP contribution in [0.3, 0.4) is 0 Å². The average molecular weight is 439 g/mol. The van der Waals surface area contributed by atoms with E-state index in [0.29, 0.717) is 0 Å². The summed E-state index contributed by atoms with van der Waals surface area (Å²) in [5, 5.41) is 0. The largest absolute Gasteiger partial charge is 0.467 e. The molecular formula is C16H24BrIO. The van der Waals surface area contributed by atoms with Crippen molar-refractivity contribution >= 4 is 38.5 Å². The zero-order valence-electron chi connectivity index (χ0n) is 11.7. The fourth-order valence-corrected chi connectivity index (χ4v) is 3.10. The first-order valence-electron chi connectivity index (χ1n) is 7.26. The van der Waals surface area contributed by atoms with Gasteiger partial charge in [0.2, 0.25) is 2.52 Å². The predicted octanol–water partition coefficient (Wildman–Crippen LogP) is 6.69. The van der Waals surface area contributed by atoms with Gasteiger partial charge in [-0.05, 0) is 57.1 Å². The molecule has 3 heteroatoms. The molecule has 0 heterocycles. The Bertz CT molecular complexity index is 327. The van der Waals surface area contributed by atoms with E-state index in [-0.39, 0.29) is 2.52 Å². The quantitative estimate of drug-likeness (QED) is 0.224. The molecule has 0 aliphatic heterocycles. The Labute approximate surface area is 139 Å². The Balaban J connectivity index is 2.13. The molecule has 1 unspecified atom stereocenters. The first kappa shape index (κ1) is 17.3. The van der Waals surface area contributed by atoms with Crippen LogP contribution >= 0.6 is 38.5 Å². The molecular weight excluding hydrogens is 415 g/mol. The Morgan fingerprint density at radius 1 is 1.00 bits per heavy atom. The highest BCUT2D eigenvalue weighted by Crippen LogP contribution is 2.35. The van der Waals surface area contributed by atoms with E-state index in [1.54, 1.807) is 0 Å². The highest BCUT2D eigenvalue weighted by atomic mass is 127. The molecule has 0 radical (unpaired) electrons. The third-order valence-corrected chi connectivity index (χ3v) is 4.40. The van der Waals surface area contributed by atoms with Crippen LogP contribution in [0.2, 0.25) is 0 Å². The molecule has 0 bridgehead atoms. The summed E-state index contributed by atoms with van der Waals surface area (Å²) >= 11 is 6.03. The third kappa shape index (κ3) is 8.90. The maximum Gasteiger partial charge on any atom is 0.213 e. The number of ether oxygens (including phenoxy) is 1. The number of hydrogen-bond acceptors (Lipinski definition) is 1. The molecule has 0 aliphatic rings. The maximum atomic E-state index is 5.95. The molecule has 1 aromatic rings. The number of rotatable bonds is 10. The first-order chi connectivity index (χ1) is 9.14. The van der Waals surface area contributed by atoms with Crippen LogP contribution in [0.25, 0.3) is 0 Å². The summed E-state index contributed by atoms with van der Waals surface area (Å²) in [5.74, 6) is 0.928. The summed E-state index contributed by atoms with van der Waals surface area (Å²) in [6.07, 6.45) is 10.4. The van der Waals surface area contributed by atoms with Crippen LogP contribution in [0.1, 0.15) is 58.3 Å². The summed E-state index contributed by atoms with van der Waals surface area (Å²) < 4.78 is 5.68. The average Bonchev–Trinajstić information content (AvgIpc) is 2.38. The maximum absolute atomic E-state index is 5.95. The minimum atomic E-state index is -0.268. The van der Waals surface area contributed by atoms with Gasteiger partial charge in [-0.1, -0.05) is 63.6 Å². The van der Waals surface area contributed by atoms with Gasteiger partial charge in [0.25, 0.3) is 0 Å². The van der Waals surface area contributed by atoms with Crippen molar-refractivity contribution in [2.75, 3.05) is 0 Å². The predicted molar refractivity (Wildman–Crippen MR) is 95.4 cm³/mol. The van der Waals surface area contributed by atoms with Gasteiger partial charge in [0.1, 0.15) is 5.75 Å². The highest BCUT2D eigenvalue weighted by molar-refractivity contribution is 14.1. The lowest BCUT2D eigenvalue weighted by atomic mass is 10.1. The summed E-state index contributed by atoms with van der Waals surface area (Å²) in [5.41, 5.74) is 0. The van der Waals surface area contributed by atoms with Crippen molar-refractivity contribution in [2.24, 2.45) is 0 Å². The number of alkyl halides is 2. The number of unbranched alkanes of at least 4 members (excludes halogenated alkanes) is 6. The van der Waals surface area contributed by atoms with Gasteiger partial charge in [-0.25, -0.2) is 0 Å². The molecule has 108 valence electrons. The Morgan fingerprint density at radius 3 is 2.21 bits per heavy atom. The van der Waals surface area contributed by atoms with Gasteiger partial charge < -0.3 is 4.74 Å². The normalized spacial score (nSPS) is 14.1. The Hall–Kier alpha value is 0.230. The number of para-hydroxylation sites is 1. The second-order valence-electron chi connectivity index (χ2n) is 4.92. The second kappa shape index (κ2) is 10.0. The summed E-state index contributed by atoms with van der Waals surface area (Å²) in [6, 6.07) is 10.0. The van der Waals surface area contributed by atoms with Gasteiger partial charge in [-0.2, -0.15) is 0 Å². The SMILES string of the molecule is CCCCCCCCCC(Br)(I)Oc1ccccc1. The first-order valence-corrected chi connectivity index (χ1v) is 9.13. The van der Waals surface area contributed by atoms with E-state index in [9.17, 15) is 0 Å². The van der Waals surface area contributed by atoms with Gasteiger partial charge >= 0.3 is 0 Å². The van der Waals surface area contributed by atoms with Crippen molar-refractivity contribution in [3.63, 3.8) is 0 Å². The van der Waals surface area contributed by atoms with E-state index in [1.807, 2.05) is 30.3 Å². The number of halogens is 2. The van der Waals surface area contributed by atoms with E-state index in [0.717, 1.165) is 12.2 Å². The Kier molecular flexibility index (Phi) is 9.12. The third-order valence-electron chi connectivity index (χ3n) is 3.08. The van der Waals surface area contributed by atoms with Gasteiger partial charge in [0.05, 0.1) is 0 Å². The highest BCUT2D eigenvalue weighted by Gasteiger charge is 2.23. The fraction of sp³-hybridized carbons (Fsp3) is 0.625. The zero-order valence-corrected chi connectivity index (χ0v) is 15.5. The molecule has 0 amide bonds. The molecule has 0 saturated heterocycles. The van der Waals surface area contributed by atoms with Crippen LogP contribution < -0.4 is 4.74 Å². The fourth-order valence-electron chi connectivity index (χ4n) is 2.00. The van der Waals surface area contributed by atoms with Crippen molar-refractivity contribution in [3.8, 4) is 5.75 Å². The Morgan fingerprint density at radius 2 is 1.58 bits per heavy atom. The van der Waals surface area contributed by atoms with Crippen LogP contribution in [0.4, 0.5) is 0 Å². The molecule has 19 heavy (non-hydrogen) atoms. The molecule has 0 aliphatic carbocycles. The standard InChI is InChI=1S/C16H24BrIO/c1-2-3-4-5-6-7-11-14-16(17,18)19-15-12-9-8-10-13-15/h8-10,12-13H,2-7,11,14H2,1H3. The van der Waals surface area contributed by atoms with Crippen LogP contribution in [0.5, 0.6) is 5.75 Å². The molecule has 1 atom stereocenters. The molecule has 0 saturated carbocycles. The van der Waals surface area contributed by atoms with Crippen LogP contribution in [0.15, 0.2) is 30.3 Å². The number of hydrogen-bond donors (Lipinski definition) is 0. The van der Waals surface area contributed by atoms with Crippen molar-refractivity contribution < 1.29 is 4.74 Å². The van der Waals surface area contributed by atoms with Crippen molar-refractivity contribution in [3.05, 3.63) is 30.3 Å². The van der Waals surface area contributed by atoms with E-state index in [1.165, 1.54) is 44.9 Å². The molecule has 0 N–H and O–H groups in total. The van der Waals surface area contributed by atoms with E-state index in [2.05, 4.69) is 45.4 Å². The minimum absolute atomic E-state index is 0.268. The van der Waals surface area contributed by atoms with Crippen LogP contribution in [0, 0.1) is 0 Å². The lowest BCUT2D eigenvalue weighted by molar-refractivity contribution is 0.262. The topological polar surface area (TPSA) is 9.23 Å². The molecule has 0 aromatic heterocycles. The van der Waals surface area contributed by atoms with E-state index >= 15 is 0 Å². The van der Waals surface area contributed by atoms with Gasteiger partial charge in [0, 0.05) is 6.42 Å². The molecule has 1 rings (SSSR count). The van der Waals surface area contributed by atoms with Crippen LogP contribution in [-0.4, -0.2) is 2.52 Å². The molecule has 0 fully saturated rings. The summed E-state index contributed by atoms with van der Waals surface area (Å²) in [6.45, 7) is 2.26. The van der Waals surface area contributed by atoms with Gasteiger partial charge in [-0.3, -0.25) is 0 Å². The molecule has 0 spiro atoms. The van der Waals surface area contributed by atoms with E-state index in [4.69, 9.17) is 4.74 Å². The van der Waals surface area contributed by atoms with Crippen molar-refractivity contribution in [1.29, 1.82) is 0 Å². The van der Waals surface area contributed by atoms with Crippen LogP contribution in [-0.2, 0) is 0 Å². The second-order valence-corrected chi connectivity index (χ2v) is 9.43. The van der Waals surface area contributed by atoms with E-state index < -0.39 is 0 Å². The smallest absolute Gasteiger partial charge is 0.213 e. The number of benzene rings is 1. The molecule has 1 aromatic carbocycles. The van der Waals surface area contributed by atoms with Crippen molar-refractivity contribution in [1.82, 2.24) is 0 Å². The minimum Gasteiger partial charge on any atom is -0.467 e. The lowest BCUT2D eigenvalue weighted by Crippen LogP contribution is -2.19. The summed E-state index contributed by atoms with van der Waals surface area (Å²) in [7, 11) is 0. The zero-order chi connectivity index (χ0) is 14.0. The summed E-state index contributed by atoms with van der Waals surface area (Å²) in [4.78, 5) is 0. The molecule has 1 nitrogen and oxygen atoms in total. The van der Waals surface area contributed by atoms with Crippen molar-refractivity contribution in [2.45, 2.75) is 60.8 Å². The van der Waals surface area contributed by atoms with Gasteiger partial charge in [-0.15, -0.1) is 0 Å².